The Morgan fingerprint density at radius 3 is 1.66 bits per heavy atom. The van der Waals surface area contributed by atoms with Crippen LogP contribution < -0.4 is 32.3 Å². The number of aryl methyl sites for hydroxylation is 3. The second kappa shape index (κ2) is 55.2. The van der Waals surface area contributed by atoms with Gasteiger partial charge >= 0.3 is 5.97 Å². The van der Waals surface area contributed by atoms with Crippen molar-refractivity contribution in [3.05, 3.63) is 100 Å². The van der Waals surface area contributed by atoms with E-state index in [0.29, 0.717) is 32.1 Å². The Morgan fingerprint density at radius 1 is 0.729 bits per heavy atom. The molecule has 0 radical (unpaired) electrons. The number of unbranched alkanes of at least 4 members (excludes halogenated alkanes) is 1. The molecule has 0 aliphatic heterocycles. The molecular weight excluding hydrogens is 908 g/mol. The van der Waals surface area contributed by atoms with Gasteiger partial charge in [0.2, 0.25) is 24.6 Å². The molecular formula is C51H83FN6O12. The van der Waals surface area contributed by atoms with Crippen LogP contribution in [0.5, 0.6) is 0 Å². The van der Waals surface area contributed by atoms with E-state index in [1.165, 1.54) is 38.8 Å². The van der Waals surface area contributed by atoms with Crippen LogP contribution >= 0.6 is 0 Å². The third kappa shape index (κ3) is 52.6. The van der Waals surface area contributed by atoms with Crippen LogP contribution in [0.25, 0.3) is 0 Å². The fourth-order valence-corrected chi connectivity index (χ4v) is 4.65. The first-order chi connectivity index (χ1) is 33.4. The van der Waals surface area contributed by atoms with Crippen LogP contribution in [-0.2, 0) is 59.1 Å². The molecule has 7 N–H and O–H groups in total. The number of hydrogen-bond acceptors (Lipinski definition) is 14. The molecule has 0 aliphatic rings. The highest BCUT2D eigenvalue weighted by atomic mass is 19.1. The predicted octanol–water partition coefficient (Wildman–Crippen LogP) is 5.37. The number of esters is 1. The number of nitrogens with two attached hydrogens (primary N) is 1. The van der Waals surface area contributed by atoms with E-state index < -0.39 is 0 Å². The van der Waals surface area contributed by atoms with Crippen molar-refractivity contribution in [1.82, 2.24) is 21.3 Å². The van der Waals surface area contributed by atoms with Crippen LogP contribution in [0, 0.1) is 26.6 Å². The van der Waals surface area contributed by atoms with Crippen LogP contribution in [0.3, 0.4) is 0 Å². The van der Waals surface area contributed by atoms with Crippen LogP contribution in [0.2, 0.25) is 0 Å². The smallest absolute Gasteiger partial charge is 0.302 e. The summed E-state index contributed by atoms with van der Waals surface area (Å²) in [6.45, 7) is 17.8. The molecule has 0 aliphatic carbocycles. The first kappa shape index (κ1) is 72.6. The van der Waals surface area contributed by atoms with Gasteiger partial charge in [-0.1, -0.05) is 48.5 Å². The summed E-state index contributed by atoms with van der Waals surface area (Å²) in [4.78, 5) is 81.3. The van der Waals surface area contributed by atoms with Gasteiger partial charge in [-0.25, -0.2) is 4.39 Å². The summed E-state index contributed by atoms with van der Waals surface area (Å²) in [7, 11) is 6.08. The lowest BCUT2D eigenvalue weighted by Gasteiger charge is -2.14. The van der Waals surface area contributed by atoms with E-state index in [4.69, 9.17) is 10.5 Å². The molecule has 0 saturated heterocycles. The molecule has 4 amide bonds. The van der Waals surface area contributed by atoms with Crippen molar-refractivity contribution in [1.29, 1.82) is 0 Å². The molecule has 0 fully saturated rings. The fraction of sp³-hybridized carbons (Fsp3) is 0.490. The zero-order chi connectivity index (χ0) is 54.4. The fourth-order valence-electron chi connectivity index (χ4n) is 4.65. The van der Waals surface area contributed by atoms with Crippen LogP contribution in [0.4, 0.5) is 10.1 Å². The highest BCUT2D eigenvalue weighted by Crippen LogP contribution is 2.15. The number of hydrogen-bond donors (Lipinski definition) is 6. The zero-order valence-corrected chi connectivity index (χ0v) is 43.5. The van der Waals surface area contributed by atoms with Gasteiger partial charge in [0.1, 0.15) is 25.0 Å². The lowest BCUT2D eigenvalue weighted by Crippen LogP contribution is -2.39. The Bertz CT molecular complexity index is 1740. The number of aldehydes is 3. The number of nitrogens with one attached hydrogen (secondary N) is 5. The van der Waals surface area contributed by atoms with Gasteiger partial charge in [0, 0.05) is 71.2 Å². The van der Waals surface area contributed by atoms with E-state index in [1.807, 2.05) is 77.9 Å². The van der Waals surface area contributed by atoms with E-state index in [2.05, 4.69) is 52.9 Å². The molecule has 0 saturated carbocycles. The van der Waals surface area contributed by atoms with E-state index in [-0.39, 0.29) is 55.4 Å². The maximum absolute atomic E-state index is 12.9. The van der Waals surface area contributed by atoms with E-state index >= 15 is 0 Å². The summed E-state index contributed by atoms with van der Waals surface area (Å²) >= 11 is 0. The zero-order valence-electron chi connectivity index (χ0n) is 43.5. The molecule has 3 aromatic rings. The summed E-state index contributed by atoms with van der Waals surface area (Å²) in [6, 6.07) is 20.5. The lowest BCUT2D eigenvalue weighted by molar-refractivity contribution is -0.138. The Hall–Kier alpha value is -6.41. The first-order valence-corrected chi connectivity index (χ1v) is 22.5. The summed E-state index contributed by atoms with van der Waals surface area (Å²) in [6.07, 6.45) is 6.49. The predicted molar refractivity (Wildman–Crippen MR) is 274 cm³/mol. The van der Waals surface area contributed by atoms with Crippen molar-refractivity contribution in [3.63, 3.8) is 0 Å². The lowest BCUT2D eigenvalue weighted by atomic mass is 10.1. The number of benzene rings is 3. The van der Waals surface area contributed by atoms with Crippen molar-refractivity contribution in [2.75, 3.05) is 73.1 Å². The molecule has 70 heavy (non-hydrogen) atoms. The highest BCUT2D eigenvalue weighted by molar-refractivity contribution is 5.81. The van der Waals surface area contributed by atoms with Crippen LogP contribution in [0.15, 0.2) is 66.7 Å². The maximum Gasteiger partial charge on any atom is 0.302 e. The summed E-state index contributed by atoms with van der Waals surface area (Å²) < 4.78 is 30.8. The number of amides is 4. The Labute approximate surface area is 416 Å². The number of halogens is 1. The molecule has 396 valence electrons. The second-order valence-electron chi connectivity index (χ2n) is 14.4. The molecule has 2 atom stereocenters. The van der Waals surface area contributed by atoms with Gasteiger partial charge in [0.05, 0.1) is 26.8 Å². The monoisotopic (exact) mass is 991 g/mol. The van der Waals surface area contributed by atoms with Gasteiger partial charge < -0.3 is 60.9 Å². The van der Waals surface area contributed by atoms with Gasteiger partial charge in [-0.15, -0.1) is 0 Å². The third-order valence-electron chi connectivity index (χ3n) is 8.13. The van der Waals surface area contributed by atoms with Crippen molar-refractivity contribution < 1.29 is 61.7 Å². The maximum atomic E-state index is 12.9. The normalized spacial score (nSPS) is 9.86. The molecule has 3 aromatic carbocycles. The summed E-state index contributed by atoms with van der Waals surface area (Å²) in [5, 5.41) is 13.2. The van der Waals surface area contributed by atoms with E-state index in [0.717, 1.165) is 79.5 Å². The van der Waals surface area contributed by atoms with Gasteiger partial charge in [-0.05, 0) is 115 Å². The Balaban J connectivity index is -0.000000246. The molecule has 3 rings (SSSR count). The van der Waals surface area contributed by atoms with Crippen molar-refractivity contribution >= 4 is 55.1 Å². The summed E-state index contributed by atoms with van der Waals surface area (Å²) in [5.41, 5.74) is 11.0. The van der Waals surface area contributed by atoms with Gasteiger partial charge in [-0.2, -0.15) is 0 Å². The molecule has 2 unspecified atom stereocenters. The molecule has 19 heteroatoms. The summed E-state index contributed by atoms with van der Waals surface area (Å²) in [5.74, 6) is -0.846. The van der Waals surface area contributed by atoms with E-state index in [1.54, 1.807) is 27.2 Å². The van der Waals surface area contributed by atoms with Gasteiger partial charge in [0.15, 0.2) is 6.29 Å². The van der Waals surface area contributed by atoms with Gasteiger partial charge in [-0.3, -0.25) is 28.8 Å². The molecule has 0 heterocycles. The standard InChI is InChI=1S/C15H21FN2O2.C9H10O.C9H12O.C7H15N3O2.C3H7NO.2C3H6O2.C2H6O/c1-11-9-13(16)6-7-14(11)17-10-15(20)18-12(2)5-3-4-8-19;1-7-4-3-5-8(2)9(7)6-10;1-2-10-8-9-6-4-3-5-7-9;1-6(2-3-8)10-7(12)4-9-5-11;1-2-4-3-5;1-5-3-2-4;1-3(4)5-2;1-3-2/h6-9,12,17H,3-5,10H2,1-2H3,(H,18,20);3-6H,1-2H3;3-7H,2,8H2,1H3;5-6H,2-4,8H2,1H3,(H,9,11)(H,10,12);3H,2H2,1H3,(H,4,5);2H,3H2,1H3;1-2H3;1-2H3. The SMILES string of the molecule is CC(CCN)NC(=O)CNC=O.CCNC=O.CCOCc1ccccc1.COC.COC(C)=O.COCC=O.Cc1cc(F)ccc1NCC(=O)NC(C)CCCC=O.Cc1cccc(C)c1C=O. The largest absolute Gasteiger partial charge is 0.469 e. The highest BCUT2D eigenvalue weighted by Gasteiger charge is 2.08. The van der Waals surface area contributed by atoms with Crippen molar-refractivity contribution in [2.45, 2.75) is 99.8 Å². The number of carbonyl (C=O) groups excluding carboxylic acids is 8. The average Bonchev–Trinajstić information content (AvgIpc) is 3.32. The van der Waals surface area contributed by atoms with E-state index in [9.17, 15) is 42.7 Å². The molecule has 0 bridgehead atoms. The molecule has 0 spiro atoms. The number of anilines is 1. The van der Waals surface area contributed by atoms with Crippen molar-refractivity contribution in [3.8, 4) is 0 Å². The number of ether oxygens (including phenoxy) is 4. The third-order valence-corrected chi connectivity index (χ3v) is 8.13. The molecule has 18 nitrogen and oxygen atoms in total. The minimum Gasteiger partial charge on any atom is -0.469 e. The Kier molecular flexibility index (Phi) is 57.2. The average molecular weight is 991 g/mol. The van der Waals surface area contributed by atoms with Crippen molar-refractivity contribution in [2.24, 2.45) is 5.73 Å². The van der Waals surface area contributed by atoms with Crippen LogP contribution in [-0.4, -0.2) is 129 Å². The number of methoxy groups -OCH3 is 3. The first-order valence-electron chi connectivity index (χ1n) is 22.5. The number of carbonyl (C=O) groups is 8. The van der Waals surface area contributed by atoms with Crippen LogP contribution in [0.1, 0.15) is 92.9 Å². The topological polar surface area (TPSA) is 260 Å². The minimum atomic E-state index is -0.290. The van der Waals surface area contributed by atoms with Gasteiger partial charge in [0.25, 0.3) is 0 Å². The Morgan fingerprint density at radius 2 is 1.27 bits per heavy atom. The quantitative estimate of drug-likeness (QED) is 0.0420. The minimum absolute atomic E-state index is 0.0262. The second-order valence-corrected chi connectivity index (χ2v) is 14.4. The molecule has 0 aromatic heterocycles. The number of rotatable bonds is 22.